The minimum Gasteiger partial charge on any atom is -0.489 e. The molecule has 2 rings (SSSR count). The lowest BCUT2D eigenvalue weighted by Gasteiger charge is -2.15. The molecule has 2 aromatic carbocycles. The maximum absolute atomic E-state index is 13.4. The van der Waals surface area contributed by atoms with E-state index in [9.17, 15) is 17.6 Å². The van der Waals surface area contributed by atoms with Gasteiger partial charge in [0.25, 0.3) is 0 Å². The lowest BCUT2D eigenvalue weighted by atomic mass is 10.1. The highest BCUT2D eigenvalue weighted by molar-refractivity contribution is 5.29. The molecule has 1 atom stereocenters. The van der Waals surface area contributed by atoms with E-state index >= 15 is 0 Å². The zero-order valence-electron chi connectivity index (χ0n) is 10.8. The van der Waals surface area contributed by atoms with E-state index in [2.05, 4.69) is 0 Å². The minimum absolute atomic E-state index is 0.0339. The summed E-state index contributed by atoms with van der Waals surface area (Å²) >= 11 is 0. The second-order valence-corrected chi connectivity index (χ2v) is 4.39. The number of benzene rings is 2. The van der Waals surface area contributed by atoms with Crippen molar-refractivity contribution in [2.45, 2.75) is 18.9 Å². The first-order valence-electron chi connectivity index (χ1n) is 6.09. The molecular weight excluding hydrogens is 288 g/mol. The van der Waals surface area contributed by atoms with Crippen molar-refractivity contribution in [3.05, 3.63) is 65.5 Å². The van der Waals surface area contributed by atoms with E-state index < -0.39 is 18.1 Å². The third kappa shape index (κ3) is 3.95. The highest BCUT2D eigenvalue weighted by Gasteiger charge is 2.39. The Labute approximate surface area is 118 Å². The van der Waals surface area contributed by atoms with Crippen molar-refractivity contribution < 1.29 is 27.4 Å². The Kier molecular flexibility index (Phi) is 4.47. The molecular formula is C15H12F4O2. The predicted molar refractivity (Wildman–Crippen MR) is 68.2 cm³/mol. The van der Waals surface area contributed by atoms with Crippen LogP contribution in [0, 0.1) is 5.82 Å². The largest absolute Gasteiger partial charge is 0.489 e. The summed E-state index contributed by atoms with van der Waals surface area (Å²) in [7, 11) is 0. The highest BCUT2D eigenvalue weighted by Crippen LogP contribution is 2.33. The van der Waals surface area contributed by atoms with Crippen molar-refractivity contribution in [3.8, 4) is 5.75 Å². The van der Waals surface area contributed by atoms with Gasteiger partial charge in [-0.2, -0.15) is 13.2 Å². The summed E-state index contributed by atoms with van der Waals surface area (Å²) in [5.74, 6) is -0.127. The van der Waals surface area contributed by atoms with E-state index in [1.165, 1.54) is 18.2 Å². The maximum atomic E-state index is 13.4. The first kappa shape index (κ1) is 15.3. The Morgan fingerprint density at radius 1 is 1.00 bits per heavy atom. The summed E-state index contributed by atoms with van der Waals surface area (Å²) in [4.78, 5) is 0. The van der Waals surface area contributed by atoms with Crippen LogP contribution in [0.5, 0.6) is 5.75 Å². The molecule has 0 spiro atoms. The van der Waals surface area contributed by atoms with Crippen LogP contribution in [0.3, 0.4) is 0 Å². The highest BCUT2D eigenvalue weighted by atomic mass is 19.4. The quantitative estimate of drug-likeness (QED) is 0.865. The molecule has 112 valence electrons. The zero-order valence-corrected chi connectivity index (χ0v) is 10.8. The van der Waals surface area contributed by atoms with Crippen LogP contribution in [0.15, 0.2) is 48.5 Å². The molecule has 0 aliphatic carbocycles. The van der Waals surface area contributed by atoms with Gasteiger partial charge in [-0.15, -0.1) is 0 Å². The topological polar surface area (TPSA) is 29.5 Å². The molecule has 0 aliphatic rings. The average molecular weight is 300 g/mol. The van der Waals surface area contributed by atoms with Crippen molar-refractivity contribution in [1.29, 1.82) is 0 Å². The van der Waals surface area contributed by atoms with Crippen LogP contribution in [0.1, 0.15) is 17.2 Å². The third-order valence-electron chi connectivity index (χ3n) is 2.86. The fourth-order valence-corrected chi connectivity index (χ4v) is 1.71. The summed E-state index contributed by atoms with van der Waals surface area (Å²) in [6.45, 7) is -0.0339. The second kappa shape index (κ2) is 6.13. The molecule has 0 aromatic heterocycles. The molecule has 0 heterocycles. The molecule has 0 saturated carbocycles. The van der Waals surface area contributed by atoms with Crippen molar-refractivity contribution in [2.24, 2.45) is 0 Å². The first-order valence-corrected chi connectivity index (χ1v) is 6.09. The second-order valence-electron chi connectivity index (χ2n) is 4.39. The van der Waals surface area contributed by atoms with E-state index in [1.54, 1.807) is 18.2 Å². The Bertz CT molecular complexity index is 593. The summed E-state index contributed by atoms with van der Waals surface area (Å²) in [5.41, 5.74) is 0.0673. The van der Waals surface area contributed by atoms with Crippen LogP contribution < -0.4 is 4.74 Å². The van der Waals surface area contributed by atoms with Gasteiger partial charge in [-0.25, -0.2) is 4.39 Å². The van der Waals surface area contributed by atoms with Gasteiger partial charge >= 0.3 is 6.18 Å². The number of hydrogen-bond acceptors (Lipinski definition) is 2. The molecule has 2 aromatic rings. The van der Waals surface area contributed by atoms with Crippen LogP contribution in [0.25, 0.3) is 0 Å². The standard InChI is InChI=1S/C15H12F4O2/c16-13-4-2-1-3-11(13)9-21-12-7-5-10(6-8-12)14(20)15(17,18)19/h1-8,14,20H,9H2. The van der Waals surface area contributed by atoms with Gasteiger partial charge in [-0.1, -0.05) is 30.3 Å². The Balaban J connectivity index is 2.02. The van der Waals surface area contributed by atoms with Crippen LogP contribution >= 0.6 is 0 Å². The Morgan fingerprint density at radius 2 is 1.62 bits per heavy atom. The van der Waals surface area contributed by atoms with Crippen molar-refractivity contribution >= 4 is 0 Å². The summed E-state index contributed by atoms with van der Waals surface area (Å²) < 4.78 is 55.6. The number of hydrogen-bond donors (Lipinski definition) is 1. The van der Waals surface area contributed by atoms with Crippen LogP contribution in [-0.2, 0) is 6.61 Å². The van der Waals surface area contributed by atoms with Gasteiger partial charge in [0.1, 0.15) is 18.2 Å². The van der Waals surface area contributed by atoms with E-state index in [0.717, 1.165) is 12.1 Å². The van der Waals surface area contributed by atoms with Crippen LogP contribution in [0.2, 0.25) is 0 Å². The fourth-order valence-electron chi connectivity index (χ4n) is 1.71. The molecule has 1 unspecified atom stereocenters. The van der Waals surface area contributed by atoms with Crippen molar-refractivity contribution in [2.75, 3.05) is 0 Å². The lowest BCUT2D eigenvalue weighted by molar-refractivity contribution is -0.206. The van der Waals surface area contributed by atoms with E-state index in [1.807, 2.05) is 0 Å². The number of alkyl halides is 3. The van der Waals surface area contributed by atoms with Crippen LogP contribution in [0.4, 0.5) is 17.6 Å². The SMILES string of the molecule is OC(c1ccc(OCc2ccccc2F)cc1)C(F)(F)F. The van der Waals surface area contributed by atoms with E-state index in [-0.39, 0.29) is 17.9 Å². The van der Waals surface area contributed by atoms with Gasteiger partial charge in [0.05, 0.1) is 0 Å². The molecule has 0 amide bonds. The fraction of sp³-hybridized carbons (Fsp3) is 0.200. The number of ether oxygens (including phenoxy) is 1. The van der Waals surface area contributed by atoms with E-state index in [4.69, 9.17) is 9.84 Å². The maximum Gasteiger partial charge on any atom is 0.418 e. The van der Waals surface area contributed by atoms with Gasteiger partial charge in [0.2, 0.25) is 0 Å². The number of rotatable bonds is 4. The molecule has 2 nitrogen and oxygen atoms in total. The molecule has 0 bridgehead atoms. The molecule has 0 radical (unpaired) electrons. The van der Waals surface area contributed by atoms with Gasteiger partial charge in [0, 0.05) is 5.56 Å². The first-order chi connectivity index (χ1) is 9.88. The monoisotopic (exact) mass is 300 g/mol. The van der Waals surface area contributed by atoms with Gasteiger partial charge < -0.3 is 9.84 Å². The zero-order chi connectivity index (χ0) is 15.5. The molecule has 1 N–H and O–H groups in total. The number of aliphatic hydroxyl groups is 1. The predicted octanol–water partition coefficient (Wildman–Crippen LogP) is 4.00. The van der Waals surface area contributed by atoms with Gasteiger partial charge in [-0.05, 0) is 23.8 Å². The average Bonchev–Trinajstić information content (AvgIpc) is 2.45. The lowest BCUT2D eigenvalue weighted by Crippen LogP contribution is -2.20. The number of aliphatic hydroxyl groups excluding tert-OH is 1. The normalized spacial score (nSPS) is 13.0. The summed E-state index contributed by atoms with van der Waals surface area (Å²) in [5, 5.41) is 9.08. The Morgan fingerprint density at radius 3 is 2.19 bits per heavy atom. The van der Waals surface area contributed by atoms with Gasteiger partial charge in [-0.3, -0.25) is 0 Å². The van der Waals surface area contributed by atoms with E-state index in [0.29, 0.717) is 5.56 Å². The molecule has 21 heavy (non-hydrogen) atoms. The summed E-state index contributed by atoms with van der Waals surface area (Å²) in [6, 6.07) is 10.9. The van der Waals surface area contributed by atoms with Crippen molar-refractivity contribution in [3.63, 3.8) is 0 Å². The molecule has 6 heteroatoms. The minimum atomic E-state index is -4.71. The molecule has 0 saturated heterocycles. The Hall–Kier alpha value is -2.08. The molecule has 0 fully saturated rings. The third-order valence-corrected chi connectivity index (χ3v) is 2.86. The summed E-state index contributed by atoms with van der Waals surface area (Å²) in [6.07, 6.45) is -7.24. The van der Waals surface area contributed by atoms with Crippen molar-refractivity contribution in [1.82, 2.24) is 0 Å². The van der Waals surface area contributed by atoms with Crippen LogP contribution in [-0.4, -0.2) is 11.3 Å². The van der Waals surface area contributed by atoms with Gasteiger partial charge in [0.15, 0.2) is 6.10 Å². The number of halogens is 4. The molecule has 0 aliphatic heterocycles. The smallest absolute Gasteiger partial charge is 0.418 e.